The summed E-state index contributed by atoms with van der Waals surface area (Å²) in [5, 5.41) is 11.6. The van der Waals surface area contributed by atoms with Crippen molar-refractivity contribution in [3.8, 4) is 0 Å². The largest absolute Gasteiger partial charge is 0.479 e. The number of nitrogens with zero attached hydrogens (tertiary/aromatic N) is 4. The summed E-state index contributed by atoms with van der Waals surface area (Å²) < 4.78 is 3.16. The fourth-order valence-electron chi connectivity index (χ4n) is 2.29. The average molecular weight is 329 g/mol. The Morgan fingerprint density at radius 3 is 2.58 bits per heavy atom. The van der Waals surface area contributed by atoms with Gasteiger partial charge in [-0.1, -0.05) is 30.3 Å². The zero-order chi connectivity index (χ0) is 16.9. The van der Waals surface area contributed by atoms with Gasteiger partial charge in [0.2, 0.25) is 16.0 Å². The molecule has 0 N–H and O–H groups in total. The van der Waals surface area contributed by atoms with Crippen LogP contribution in [-0.4, -0.2) is 16.0 Å². The molecule has 0 fully saturated rings. The lowest BCUT2D eigenvalue weighted by atomic mass is 10.1. The van der Waals surface area contributed by atoms with Crippen molar-refractivity contribution in [3.05, 3.63) is 71.2 Å². The van der Waals surface area contributed by atoms with Crippen LogP contribution in [-0.2, 0) is 6.54 Å². The summed E-state index contributed by atoms with van der Waals surface area (Å²) in [6, 6.07) is 15.8. The number of hydrogen-bond donors (Lipinski definition) is 0. The smallest absolute Gasteiger partial charge is 0.408 e. The molecule has 0 amide bonds. The van der Waals surface area contributed by atoms with Crippen LogP contribution in [0.1, 0.15) is 11.1 Å². The second kappa shape index (κ2) is 7.45. The van der Waals surface area contributed by atoms with Gasteiger partial charge in [0, 0.05) is 11.1 Å². The first-order valence-corrected chi connectivity index (χ1v) is 8.34. The summed E-state index contributed by atoms with van der Waals surface area (Å²) in [4.78, 5) is 0. The van der Waals surface area contributed by atoms with Gasteiger partial charge in [-0.05, 0) is 52.7 Å². The quantitative estimate of drug-likeness (QED) is 0.398. The van der Waals surface area contributed by atoms with E-state index in [2.05, 4.69) is 26.9 Å². The highest BCUT2D eigenvalue weighted by atomic mass is 32.1. The molecule has 7 heteroatoms. The average Bonchev–Trinajstić information content (AvgIpc) is 3.01. The van der Waals surface area contributed by atoms with Gasteiger partial charge in [-0.15, -0.1) is 0 Å². The molecule has 0 unspecified atom stereocenters. The first-order chi connectivity index (χ1) is 11.6. The Balaban J connectivity index is 1.79. The van der Waals surface area contributed by atoms with Crippen molar-refractivity contribution in [1.29, 1.82) is 0 Å². The topological polar surface area (TPSA) is 31.8 Å². The lowest BCUT2D eigenvalue weighted by molar-refractivity contribution is -0.671. The Morgan fingerprint density at radius 1 is 1.08 bits per heavy atom. The molecule has 0 atom stereocenters. The van der Waals surface area contributed by atoms with Gasteiger partial charge in [0.05, 0.1) is 5.11 Å². The van der Waals surface area contributed by atoms with Gasteiger partial charge < -0.3 is 4.72 Å². The molecule has 3 rings (SSSR count). The van der Waals surface area contributed by atoms with Gasteiger partial charge in [0.25, 0.3) is 0 Å². The number of thiazole rings is 1. The molecule has 1 heterocycles. The van der Waals surface area contributed by atoms with Crippen LogP contribution in [0.5, 0.6) is 0 Å². The van der Waals surface area contributed by atoms with E-state index in [1.807, 2.05) is 54.9 Å². The van der Waals surface area contributed by atoms with Crippen LogP contribution in [0.2, 0.25) is 0 Å². The monoisotopic (exact) mass is 329 g/mol. The normalized spacial score (nSPS) is 11.0. The van der Waals surface area contributed by atoms with Crippen molar-refractivity contribution in [3.63, 3.8) is 0 Å². The van der Waals surface area contributed by atoms with E-state index in [1.165, 1.54) is 5.56 Å². The molecule has 0 bridgehead atoms. The van der Waals surface area contributed by atoms with E-state index in [1.54, 1.807) is 11.3 Å². The summed E-state index contributed by atoms with van der Waals surface area (Å²) in [5.41, 5.74) is 3.70. The van der Waals surface area contributed by atoms with Crippen LogP contribution in [0.4, 0.5) is 16.5 Å². The van der Waals surface area contributed by atoms with Gasteiger partial charge in [-0.3, -0.25) is 0 Å². The summed E-state index contributed by atoms with van der Waals surface area (Å²) >= 11 is 1.56. The highest BCUT2D eigenvalue weighted by Gasteiger charge is 2.13. The molecule has 4 radical (unpaired) electrons. The molecule has 0 spiro atoms. The number of hydrogen-bond acceptors (Lipinski definition) is 4. The SMILES string of the molecule is [B]N([B])c1ccc(N=Nc2scc[n+]2Cc2ccccc2)c(C)c1. The third-order valence-corrected chi connectivity index (χ3v) is 4.36. The van der Waals surface area contributed by atoms with Crippen molar-refractivity contribution in [2.75, 3.05) is 4.72 Å². The Kier molecular flexibility index (Phi) is 5.11. The van der Waals surface area contributed by atoms with Crippen LogP contribution in [0.3, 0.4) is 0 Å². The Bertz CT molecular complexity index is 847. The van der Waals surface area contributed by atoms with Crippen molar-refractivity contribution in [2.24, 2.45) is 10.2 Å². The summed E-state index contributed by atoms with van der Waals surface area (Å²) in [5.74, 6) is 0. The zero-order valence-electron chi connectivity index (χ0n) is 13.3. The lowest BCUT2D eigenvalue weighted by Gasteiger charge is -2.14. The number of aryl methyl sites for hydroxylation is 1. The van der Waals surface area contributed by atoms with E-state index in [-0.39, 0.29) is 0 Å². The minimum atomic E-state index is 0.724. The molecule has 0 saturated heterocycles. The van der Waals surface area contributed by atoms with Crippen molar-refractivity contribution >= 4 is 43.8 Å². The van der Waals surface area contributed by atoms with Gasteiger partial charge in [-0.25, -0.2) is 4.57 Å². The van der Waals surface area contributed by atoms with Crippen LogP contribution in [0.25, 0.3) is 0 Å². The van der Waals surface area contributed by atoms with Crippen LogP contribution < -0.4 is 9.29 Å². The van der Waals surface area contributed by atoms with E-state index >= 15 is 0 Å². The van der Waals surface area contributed by atoms with Crippen LogP contribution in [0.15, 0.2) is 70.3 Å². The van der Waals surface area contributed by atoms with Gasteiger partial charge in [0.1, 0.15) is 18.4 Å². The van der Waals surface area contributed by atoms with Crippen molar-refractivity contribution < 1.29 is 4.57 Å². The highest BCUT2D eigenvalue weighted by Crippen LogP contribution is 2.26. The predicted molar refractivity (Wildman–Crippen MR) is 99.4 cm³/mol. The number of anilines is 1. The third-order valence-electron chi connectivity index (χ3n) is 3.58. The second-order valence-corrected chi connectivity index (χ2v) is 6.25. The first kappa shape index (κ1) is 16.5. The summed E-state index contributed by atoms with van der Waals surface area (Å²) in [6.45, 7) is 2.72. The van der Waals surface area contributed by atoms with Gasteiger partial charge in [0.15, 0.2) is 0 Å². The number of azo groups is 1. The molecular formula is C17H15B2N4S+. The minimum absolute atomic E-state index is 0.724. The molecule has 0 aliphatic carbocycles. The highest BCUT2D eigenvalue weighted by molar-refractivity contribution is 7.12. The van der Waals surface area contributed by atoms with Gasteiger partial charge >= 0.3 is 5.13 Å². The number of benzene rings is 2. The van der Waals surface area contributed by atoms with Gasteiger partial charge in [-0.2, -0.15) is 0 Å². The van der Waals surface area contributed by atoms with Crippen LogP contribution >= 0.6 is 11.3 Å². The Morgan fingerprint density at radius 2 is 1.88 bits per heavy atom. The minimum Gasteiger partial charge on any atom is -0.479 e. The molecule has 24 heavy (non-hydrogen) atoms. The van der Waals surface area contributed by atoms with Crippen LogP contribution in [0, 0.1) is 6.92 Å². The predicted octanol–water partition coefficient (Wildman–Crippen LogP) is 3.78. The maximum atomic E-state index is 5.53. The van der Waals surface area contributed by atoms with E-state index < -0.39 is 0 Å². The standard InChI is InChI=1S/C17H15B2N4S/c1-13-11-15(23(18)19)7-8-16(13)20-21-17-22(9-10-24-17)12-14-5-3-2-4-6-14/h2-11H,12H2,1H3/q+1. The molecule has 0 aliphatic rings. The van der Waals surface area contributed by atoms with E-state index in [9.17, 15) is 0 Å². The summed E-state index contributed by atoms with van der Waals surface area (Å²) in [6.07, 6.45) is 2.02. The molecule has 114 valence electrons. The van der Waals surface area contributed by atoms with E-state index in [0.717, 1.165) is 33.3 Å². The second-order valence-electron chi connectivity index (χ2n) is 5.38. The summed E-state index contributed by atoms with van der Waals surface area (Å²) in [7, 11) is 11.1. The molecule has 2 aromatic carbocycles. The fraction of sp³-hybridized carbons (Fsp3) is 0.118. The molecule has 3 aromatic rings. The fourth-order valence-corrected chi connectivity index (χ4v) is 2.97. The number of aromatic nitrogens is 1. The maximum absolute atomic E-state index is 5.53. The maximum Gasteiger partial charge on any atom is 0.408 e. The first-order valence-electron chi connectivity index (χ1n) is 7.46. The molecule has 0 aliphatic heterocycles. The Hall–Kier alpha value is -2.40. The molecule has 1 aromatic heterocycles. The molecule has 0 saturated carbocycles. The molecular weight excluding hydrogens is 314 g/mol. The zero-order valence-corrected chi connectivity index (χ0v) is 14.1. The van der Waals surface area contributed by atoms with E-state index in [0.29, 0.717) is 0 Å². The third kappa shape index (κ3) is 3.92. The van der Waals surface area contributed by atoms with Crippen molar-refractivity contribution in [2.45, 2.75) is 13.5 Å². The van der Waals surface area contributed by atoms with E-state index in [4.69, 9.17) is 16.0 Å². The molecule has 4 nitrogen and oxygen atoms in total. The number of rotatable bonds is 5. The van der Waals surface area contributed by atoms with Crippen molar-refractivity contribution in [1.82, 2.24) is 0 Å². The Labute approximate surface area is 148 Å². The lowest BCUT2D eigenvalue weighted by Crippen LogP contribution is -2.31.